The molecular formula is C20H26N2O. The van der Waals surface area contributed by atoms with Gasteiger partial charge in [-0.2, -0.15) is 0 Å². The Kier molecular flexibility index (Phi) is 6.36. The Morgan fingerprint density at radius 1 is 1.00 bits per heavy atom. The third-order valence-electron chi connectivity index (χ3n) is 4.03. The number of hydrogen-bond acceptors (Lipinski definition) is 2. The largest absolute Gasteiger partial charge is 0.354 e. The predicted octanol–water partition coefficient (Wildman–Crippen LogP) is 3.56. The minimum absolute atomic E-state index is 0.119. The number of aryl methyl sites for hydroxylation is 1. The second kappa shape index (κ2) is 8.49. The number of nitrogens with two attached hydrogens (primary N) is 1. The molecule has 2 rings (SSSR count). The monoisotopic (exact) mass is 310 g/mol. The molecule has 0 fully saturated rings. The van der Waals surface area contributed by atoms with Gasteiger partial charge in [0.1, 0.15) is 6.04 Å². The Morgan fingerprint density at radius 2 is 1.65 bits per heavy atom. The molecule has 1 unspecified atom stereocenters. The second-order valence-electron chi connectivity index (χ2n) is 6.18. The van der Waals surface area contributed by atoms with Crippen LogP contribution in [0.1, 0.15) is 48.9 Å². The molecule has 0 radical (unpaired) electrons. The van der Waals surface area contributed by atoms with Gasteiger partial charge in [0.2, 0.25) is 5.91 Å². The number of hydrogen-bond donors (Lipinski definition) is 2. The van der Waals surface area contributed by atoms with E-state index in [0.717, 1.165) is 18.4 Å². The smallest absolute Gasteiger partial charge is 0.241 e. The number of carbonyl (C=O) groups excluding carboxylic acids is 1. The summed E-state index contributed by atoms with van der Waals surface area (Å²) in [5.41, 5.74) is 9.47. The molecule has 0 bridgehead atoms. The summed E-state index contributed by atoms with van der Waals surface area (Å²) < 4.78 is 0. The average molecular weight is 310 g/mol. The first-order valence-corrected chi connectivity index (χ1v) is 8.25. The first-order valence-electron chi connectivity index (χ1n) is 8.25. The molecule has 0 heterocycles. The van der Waals surface area contributed by atoms with Crippen molar-refractivity contribution in [2.45, 2.75) is 38.6 Å². The zero-order valence-corrected chi connectivity index (χ0v) is 14.0. The molecule has 3 N–H and O–H groups in total. The van der Waals surface area contributed by atoms with Crippen molar-refractivity contribution >= 4 is 5.91 Å². The van der Waals surface area contributed by atoms with E-state index in [1.165, 1.54) is 11.1 Å². The highest BCUT2D eigenvalue weighted by molar-refractivity contribution is 5.82. The Bertz CT molecular complexity index is 605. The SMILES string of the molecule is CC(C)c1ccc(CCCNC(=O)C(N)c2ccccc2)cc1. The van der Waals surface area contributed by atoms with Gasteiger partial charge in [-0.3, -0.25) is 4.79 Å². The molecule has 1 amide bonds. The summed E-state index contributed by atoms with van der Waals surface area (Å²) >= 11 is 0. The lowest BCUT2D eigenvalue weighted by molar-refractivity contribution is -0.122. The molecule has 0 saturated heterocycles. The first-order chi connectivity index (χ1) is 11.1. The molecule has 0 spiro atoms. The maximum Gasteiger partial charge on any atom is 0.241 e. The van der Waals surface area contributed by atoms with Gasteiger partial charge in [0, 0.05) is 6.54 Å². The van der Waals surface area contributed by atoms with Gasteiger partial charge in [-0.05, 0) is 35.4 Å². The van der Waals surface area contributed by atoms with E-state index in [1.807, 2.05) is 30.3 Å². The van der Waals surface area contributed by atoms with Gasteiger partial charge in [0.05, 0.1) is 0 Å². The Morgan fingerprint density at radius 3 is 2.26 bits per heavy atom. The lowest BCUT2D eigenvalue weighted by Gasteiger charge is -2.12. The number of nitrogens with one attached hydrogen (secondary N) is 1. The highest BCUT2D eigenvalue weighted by Crippen LogP contribution is 2.15. The van der Waals surface area contributed by atoms with Crippen molar-refractivity contribution < 1.29 is 4.79 Å². The van der Waals surface area contributed by atoms with Gasteiger partial charge in [0.25, 0.3) is 0 Å². The third kappa shape index (κ3) is 5.22. The number of carbonyl (C=O) groups is 1. The molecule has 0 aliphatic carbocycles. The predicted molar refractivity (Wildman–Crippen MR) is 95.2 cm³/mol. The average Bonchev–Trinajstić information content (AvgIpc) is 2.59. The van der Waals surface area contributed by atoms with Crippen molar-refractivity contribution in [2.24, 2.45) is 5.73 Å². The molecule has 3 heteroatoms. The van der Waals surface area contributed by atoms with E-state index in [0.29, 0.717) is 12.5 Å². The first kappa shape index (κ1) is 17.2. The van der Waals surface area contributed by atoms with Gasteiger partial charge in [0.15, 0.2) is 0 Å². The summed E-state index contributed by atoms with van der Waals surface area (Å²) in [5.74, 6) is 0.439. The fourth-order valence-electron chi connectivity index (χ4n) is 2.50. The summed E-state index contributed by atoms with van der Waals surface area (Å²) in [7, 11) is 0. The van der Waals surface area contributed by atoms with Gasteiger partial charge in [-0.1, -0.05) is 68.4 Å². The molecule has 0 aromatic heterocycles. The van der Waals surface area contributed by atoms with Crippen LogP contribution in [0.4, 0.5) is 0 Å². The molecule has 0 aliphatic rings. The Balaban J connectivity index is 1.73. The normalized spacial score (nSPS) is 12.2. The Labute approximate surface area is 138 Å². The van der Waals surface area contributed by atoms with Crippen LogP contribution >= 0.6 is 0 Å². The number of amides is 1. The van der Waals surface area contributed by atoms with Crippen molar-refractivity contribution in [1.29, 1.82) is 0 Å². The Hall–Kier alpha value is -2.13. The molecule has 3 nitrogen and oxygen atoms in total. The topological polar surface area (TPSA) is 55.1 Å². The van der Waals surface area contributed by atoms with Gasteiger partial charge >= 0.3 is 0 Å². The molecule has 2 aromatic carbocycles. The highest BCUT2D eigenvalue weighted by atomic mass is 16.2. The number of rotatable bonds is 7. The van der Waals surface area contributed by atoms with Crippen LogP contribution in [0.3, 0.4) is 0 Å². The molecule has 2 aromatic rings. The summed E-state index contributed by atoms with van der Waals surface area (Å²) in [4.78, 5) is 12.0. The van der Waals surface area contributed by atoms with E-state index in [1.54, 1.807) is 0 Å². The van der Waals surface area contributed by atoms with Gasteiger partial charge < -0.3 is 11.1 Å². The molecule has 122 valence electrons. The highest BCUT2D eigenvalue weighted by Gasteiger charge is 2.14. The van der Waals surface area contributed by atoms with Gasteiger partial charge in [-0.25, -0.2) is 0 Å². The molecule has 0 saturated carbocycles. The minimum atomic E-state index is -0.596. The van der Waals surface area contributed by atoms with Crippen LogP contribution in [0, 0.1) is 0 Å². The lowest BCUT2D eigenvalue weighted by atomic mass is 10.0. The van der Waals surface area contributed by atoms with Gasteiger partial charge in [-0.15, -0.1) is 0 Å². The zero-order chi connectivity index (χ0) is 16.7. The minimum Gasteiger partial charge on any atom is -0.354 e. The van der Waals surface area contributed by atoms with E-state index in [9.17, 15) is 4.79 Å². The van der Waals surface area contributed by atoms with Crippen molar-refractivity contribution in [3.63, 3.8) is 0 Å². The van der Waals surface area contributed by atoms with E-state index in [2.05, 4.69) is 43.4 Å². The van der Waals surface area contributed by atoms with Crippen LogP contribution in [0.2, 0.25) is 0 Å². The van der Waals surface area contributed by atoms with E-state index >= 15 is 0 Å². The van der Waals surface area contributed by atoms with Crippen molar-refractivity contribution in [1.82, 2.24) is 5.32 Å². The summed E-state index contributed by atoms with van der Waals surface area (Å²) in [6.45, 7) is 5.03. The van der Waals surface area contributed by atoms with Crippen LogP contribution in [-0.4, -0.2) is 12.5 Å². The summed E-state index contributed by atoms with van der Waals surface area (Å²) in [6.07, 6.45) is 1.87. The van der Waals surface area contributed by atoms with Crippen LogP contribution in [-0.2, 0) is 11.2 Å². The van der Waals surface area contributed by atoms with E-state index < -0.39 is 6.04 Å². The second-order valence-corrected chi connectivity index (χ2v) is 6.18. The van der Waals surface area contributed by atoms with Crippen LogP contribution < -0.4 is 11.1 Å². The van der Waals surface area contributed by atoms with Crippen LogP contribution in [0.25, 0.3) is 0 Å². The third-order valence-corrected chi connectivity index (χ3v) is 4.03. The van der Waals surface area contributed by atoms with Crippen molar-refractivity contribution in [2.75, 3.05) is 6.54 Å². The summed E-state index contributed by atoms with van der Waals surface area (Å²) in [5, 5.41) is 2.92. The molecular weight excluding hydrogens is 284 g/mol. The molecule has 23 heavy (non-hydrogen) atoms. The van der Waals surface area contributed by atoms with Crippen molar-refractivity contribution in [3.05, 3.63) is 71.3 Å². The maximum atomic E-state index is 12.0. The number of benzene rings is 2. The molecule has 1 atom stereocenters. The standard InChI is InChI=1S/C20H26N2O/c1-15(2)17-12-10-16(11-13-17)7-6-14-22-20(23)19(21)18-8-4-3-5-9-18/h3-5,8-13,15,19H,6-7,14,21H2,1-2H3,(H,22,23). The van der Waals surface area contributed by atoms with Crippen LogP contribution in [0.5, 0.6) is 0 Å². The zero-order valence-electron chi connectivity index (χ0n) is 14.0. The van der Waals surface area contributed by atoms with E-state index in [-0.39, 0.29) is 5.91 Å². The maximum absolute atomic E-state index is 12.0. The van der Waals surface area contributed by atoms with E-state index in [4.69, 9.17) is 5.73 Å². The molecule has 0 aliphatic heterocycles. The fourth-order valence-corrected chi connectivity index (χ4v) is 2.50. The fraction of sp³-hybridized carbons (Fsp3) is 0.350. The van der Waals surface area contributed by atoms with Crippen molar-refractivity contribution in [3.8, 4) is 0 Å². The summed E-state index contributed by atoms with van der Waals surface area (Å²) in [6, 6.07) is 17.6. The van der Waals surface area contributed by atoms with Crippen LogP contribution in [0.15, 0.2) is 54.6 Å². The quantitative estimate of drug-likeness (QED) is 0.768. The lowest BCUT2D eigenvalue weighted by Crippen LogP contribution is -2.34.